The molecule has 4 rings (SSSR count). The van der Waals surface area contributed by atoms with Gasteiger partial charge in [-0.3, -0.25) is 5.10 Å². The summed E-state index contributed by atoms with van der Waals surface area (Å²) < 4.78 is 28.0. The van der Waals surface area contributed by atoms with Gasteiger partial charge < -0.3 is 0 Å². The van der Waals surface area contributed by atoms with Crippen LogP contribution in [0.25, 0.3) is 22.4 Å². The Bertz CT molecular complexity index is 1360. The molecule has 0 radical (unpaired) electrons. The SMILES string of the molecule is Cc1ccc(S(=O)(=O)n2c(-c3cc(C)[nH]n3)cc3c(Cl)c(C#N)cnc32)cc1. The van der Waals surface area contributed by atoms with E-state index in [9.17, 15) is 13.7 Å². The van der Waals surface area contributed by atoms with E-state index in [1.54, 1.807) is 36.4 Å². The zero-order chi connectivity index (χ0) is 20.1. The van der Waals surface area contributed by atoms with Crippen LogP contribution in [-0.4, -0.2) is 27.6 Å². The molecule has 0 fully saturated rings. The van der Waals surface area contributed by atoms with Crippen molar-refractivity contribution in [3.63, 3.8) is 0 Å². The predicted molar refractivity (Wildman–Crippen MR) is 106 cm³/mol. The molecule has 3 aromatic heterocycles. The molecule has 0 atom stereocenters. The maximum Gasteiger partial charge on any atom is 0.269 e. The molecule has 1 N–H and O–H groups in total. The summed E-state index contributed by atoms with van der Waals surface area (Å²) in [5.74, 6) is 0. The van der Waals surface area contributed by atoms with E-state index in [1.807, 2.05) is 19.9 Å². The van der Waals surface area contributed by atoms with Gasteiger partial charge >= 0.3 is 0 Å². The van der Waals surface area contributed by atoms with E-state index in [0.717, 1.165) is 15.2 Å². The van der Waals surface area contributed by atoms with Crippen LogP contribution in [0.2, 0.25) is 5.02 Å². The van der Waals surface area contributed by atoms with Gasteiger partial charge in [0.1, 0.15) is 11.8 Å². The van der Waals surface area contributed by atoms with Gasteiger partial charge in [-0.2, -0.15) is 10.4 Å². The van der Waals surface area contributed by atoms with Crippen molar-refractivity contribution in [3.8, 4) is 17.5 Å². The zero-order valence-electron chi connectivity index (χ0n) is 14.9. The fourth-order valence-corrected chi connectivity index (χ4v) is 4.66. The molecule has 0 saturated carbocycles. The van der Waals surface area contributed by atoms with Crippen molar-refractivity contribution in [2.24, 2.45) is 0 Å². The first-order valence-electron chi connectivity index (χ1n) is 8.27. The molecular formula is C19H14ClN5O2S. The molecule has 4 aromatic rings. The van der Waals surface area contributed by atoms with Gasteiger partial charge in [0.2, 0.25) is 0 Å². The monoisotopic (exact) mass is 411 g/mol. The van der Waals surface area contributed by atoms with Gasteiger partial charge in [-0.05, 0) is 38.1 Å². The summed E-state index contributed by atoms with van der Waals surface area (Å²) in [5.41, 5.74) is 2.77. The van der Waals surface area contributed by atoms with Crippen molar-refractivity contribution in [3.05, 3.63) is 64.4 Å². The highest BCUT2D eigenvalue weighted by atomic mass is 35.5. The molecule has 0 aliphatic carbocycles. The number of fused-ring (bicyclic) bond motifs is 1. The maximum atomic E-state index is 13.5. The molecule has 0 spiro atoms. The van der Waals surface area contributed by atoms with E-state index < -0.39 is 10.0 Å². The molecule has 0 bridgehead atoms. The average Bonchev–Trinajstić information content (AvgIpc) is 3.26. The van der Waals surface area contributed by atoms with Gasteiger partial charge in [-0.1, -0.05) is 29.3 Å². The van der Waals surface area contributed by atoms with Crippen molar-refractivity contribution >= 4 is 32.7 Å². The number of aryl methyl sites for hydroxylation is 2. The van der Waals surface area contributed by atoms with Crippen LogP contribution in [0.5, 0.6) is 0 Å². The Labute approximate surface area is 166 Å². The van der Waals surface area contributed by atoms with Gasteiger partial charge in [0.15, 0.2) is 5.65 Å². The second kappa shape index (κ2) is 6.48. The second-order valence-corrected chi connectivity index (χ2v) is 8.55. The van der Waals surface area contributed by atoms with E-state index in [2.05, 4.69) is 15.2 Å². The van der Waals surface area contributed by atoms with Crippen LogP contribution in [0.1, 0.15) is 16.8 Å². The van der Waals surface area contributed by atoms with Crippen LogP contribution in [0.3, 0.4) is 0 Å². The highest BCUT2D eigenvalue weighted by Gasteiger charge is 2.27. The van der Waals surface area contributed by atoms with E-state index in [-0.39, 0.29) is 21.1 Å². The number of nitrogens with one attached hydrogen (secondary N) is 1. The molecular weight excluding hydrogens is 398 g/mol. The van der Waals surface area contributed by atoms with Gasteiger partial charge in [0.05, 0.1) is 21.2 Å². The lowest BCUT2D eigenvalue weighted by Gasteiger charge is -2.11. The first-order valence-corrected chi connectivity index (χ1v) is 10.1. The molecule has 28 heavy (non-hydrogen) atoms. The smallest absolute Gasteiger partial charge is 0.269 e. The highest BCUT2D eigenvalue weighted by Crippen LogP contribution is 2.35. The topological polar surface area (TPSA) is 104 Å². The van der Waals surface area contributed by atoms with Gasteiger partial charge in [-0.15, -0.1) is 0 Å². The molecule has 3 heterocycles. The number of aromatic nitrogens is 4. The Hall–Kier alpha value is -3.15. The van der Waals surface area contributed by atoms with Crippen molar-refractivity contribution in [2.75, 3.05) is 0 Å². The third kappa shape index (κ3) is 2.76. The fraction of sp³-hybridized carbons (Fsp3) is 0.105. The molecule has 0 aliphatic rings. The summed E-state index contributed by atoms with van der Waals surface area (Å²) >= 11 is 6.34. The number of H-pyrrole nitrogens is 1. The van der Waals surface area contributed by atoms with Crippen molar-refractivity contribution in [2.45, 2.75) is 18.7 Å². The number of benzene rings is 1. The van der Waals surface area contributed by atoms with Gasteiger partial charge in [0.25, 0.3) is 10.0 Å². The first kappa shape index (κ1) is 18.2. The lowest BCUT2D eigenvalue weighted by Crippen LogP contribution is -2.15. The summed E-state index contributed by atoms with van der Waals surface area (Å²) in [7, 11) is -3.99. The fourth-order valence-electron chi connectivity index (χ4n) is 2.96. The van der Waals surface area contributed by atoms with Crippen LogP contribution >= 0.6 is 11.6 Å². The van der Waals surface area contributed by atoms with E-state index in [0.29, 0.717) is 16.8 Å². The molecule has 140 valence electrons. The van der Waals surface area contributed by atoms with Crippen molar-refractivity contribution in [1.29, 1.82) is 5.26 Å². The first-order chi connectivity index (χ1) is 13.3. The average molecular weight is 412 g/mol. The maximum absolute atomic E-state index is 13.5. The summed E-state index contributed by atoms with van der Waals surface area (Å²) in [5, 5.41) is 16.7. The molecule has 0 unspecified atom stereocenters. The lowest BCUT2D eigenvalue weighted by atomic mass is 10.2. The minimum absolute atomic E-state index is 0.117. The molecule has 7 nitrogen and oxygen atoms in total. The Balaban J connectivity index is 2.10. The van der Waals surface area contributed by atoms with Gasteiger partial charge in [-0.25, -0.2) is 17.4 Å². The van der Waals surface area contributed by atoms with Crippen LogP contribution in [-0.2, 0) is 10.0 Å². The minimum atomic E-state index is -3.99. The number of halogens is 1. The number of rotatable bonds is 3. The molecule has 1 aromatic carbocycles. The van der Waals surface area contributed by atoms with Crippen molar-refractivity contribution < 1.29 is 8.42 Å². The highest BCUT2D eigenvalue weighted by molar-refractivity contribution is 7.90. The second-order valence-electron chi connectivity index (χ2n) is 6.38. The summed E-state index contributed by atoms with van der Waals surface area (Å²) in [6.07, 6.45) is 1.27. The van der Waals surface area contributed by atoms with Crippen molar-refractivity contribution in [1.82, 2.24) is 19.2 Å². The Kier molecular flexibility index (Phi) is 4.22. The standard InChI is InChI=1S/C19H14ClN5O2S/c1-11-3-5-14(6-4-11)28(26,27)25-17(16-7-12(2)23-24-16)8-15-18(20)13(9-21)10-22-19(15)25/h3-8,10H,1-2H3,(H,23,24). The molecule has 0 amide bonds. The lowest BCUT2D eigenvalue weighted by molar-refractivity contribution is 0.589. The van der Waals surface area contributed by atoms with E-state index in [1.165, 1.54) is 6.20 Å². The summed E-state index contributed by atoms with van der Waals surface area (Å²) in [6.45, 7) is 3.70. The zero-order valence-corrected chi connectivity index (χ0v) is 16.5. The van der Waals surface area contributed by atoms with Crippen LogP contribution < -0.4 is 0 Å². The number of nitriles is 1. The quantitative estimate of drug-likeness (QED) is 0.552. The largest absolute Gasteiger partial charge is 0.282 e. The predicted octanol–water partition coefficient (Wildman–Crippen LogP) is 3.81. The number of hydrogen-bond acceptors (Lipinski definition) is 5. The number of pyridine rings is 1. The van der Waals surface area contributed by atoms with Crippen LogP contribution in [0.4, 0.5) is 0 Å². The molecule has 0 aliphatic heterocycles. The third-order valence-electron chi connectivity index (χ3n) is 4.37. The van der Waals surface area contributed by atoms with Gasteiger partial charge in [0, 0.05) is 17.3 Å². The number of nitrogens with zero attached hydrogens (tertiary/aromatic N) is 4. The minimum Gasteiger partial charge on any atom is -0.282 e. The number of hydrogen-bond donors (Lipinski definition) is 1. The Morgan fingerprint density at radius 2 is 1.89 bits per heavy atom. The normalized spacial score (nSPS) is 11.6. The van der Waals surface area contributed by atoms with Crippen LogP contribution in [0, 0.1) is 25.2 Å². The Morgan fingerprint density at radius 1 is 1.18 bits per heavy atom. The summed E-state index contributed by atoms with van der Waals surface area (Å²) in [6, 6.07) is 11.8. The third-order valence-corrected chi connectivity index (χ3v) is 6.50. The summed E-state index contributed by atoms with van der Waals surface area (Å²) in [4.78, 5) is 4.33. The van der Waals surface area contributed by atoms with E-state index in [4.69, 9.17) is 11.6 Å². The molecule has 9 heteroatoms. The Morgan fingerprint density at radius 3 is 2.50 bits per heavy atom. The van der Waals surface area contributed by atoms with E-state index >= 15 is 0 Å². The molecule has 0 saturated heterocycles. The van der Waals surface area contributed by atoms with Crippen LogP contribution in [0.15, 0.2) is 47.5 Å². The number of aromatic amines is 1.